The first-order valence-corrected chi connectivity index (χ1v) is 6.60. The lowest BCUT2D eigenvalue weighted by Gasteiger charge is -2.15. The number of aromatic nitrogens is 2. The van der Waals surface area contributed by atoms with E-state index in [1.807, 2.05) is 0 Å². The number of hydrogen-bond acceptors (Lipinski definition) is 3. The summed E-state index contributed by atoms with van der Waals surface area (Å²) in [5.74, 6) is 0. The summed E-state index contributed by atoms with van der Waals surface area (Å²) in [6, 6.07) is 0. The molecular formula is C13H18ClN3O. The second kappa shape index (κ2) is 5.14. The summed E-state index contributed by atoms with van der Waals surface area (Å²) < 4.78 is 1.30. The molecule has 0 aliphatic heterocycles. The molecule has 4 nitrogen and oxygen atoms in total. The average Bonchev–Trinajstić information content (AvgIpc) is 3.15. The summed E-state index contributed by atoms with van der Waals surface area (Å²) in [6.07, 6.45) is 6.87. The number of anilines is 1. The molecule has 18 heavy (non-hydrogen) atoms. The van der Waals surface area contributed by atoms with Crippen molar-refractivity contribution in [3.8, 4) is 0 Å². The Morgan fingerprint density at radius 2 is 2.39 bits per heavy atom. The van der Waals surface area contributed by atoms with E-state index in [2.05, 4.69) is 23.9 Å². The van der Waals surface area contributed by atoms with E-state index < -0.39 is 0 Å². The van der Waals surface area contributed by atoms with Gasteiger partial charge >= 0.3 is 0 Å². The Balaban J connectivity index is 2.12. The minimum Gasteiger partial charge on any atom is -0.382 e. The lowest BCUT2D eigenvalue weighted by atomic mass is 10.0. The van der Waals surface area contributed by atoms with Crippen molar-refractivity contribution in [3.05, 3.63) is 34.2 Å². The van der Waals surface area contributed by atoms with E-state index in [0.29, 0.717) is 17.6 Å². The molecule has 0 bridgehead atoms. The summed E-state index contributed by atoms with van der Waals surface area (Å²) in [6.45, 7) is 7.00. The van der Waals surface area contributed by atoms with Gasteiger partial charge in [-0.2, -0.15) is 5.10 Å². The molecule has 0 saturated heterocycles. The molecule has 0 radical (unpaired) electrons. The number of hydrogen-bond donors (Lipinski definition) is 1. The molecule has 1 fully saturated rings. The molecule has 0 atom stereocenters. The lowest BCUT2D eigenvalue weighted by Crippen LogP contribution is -2.24. The first-order chi connectivity index (χ1) is 8.62. The van der Waals surface area contributed by atoms with E-state index in [9.17, 15) is 4.79 Å². The molecule has 1 aliphatic rings. The van der Waals surface area contributed by atoms with Crippen molar-refractivity contribution in [2.45, 2.75) is 32.7 Å². The van der Waals surface area contributed by atoms with Crippen molar-refractivity contribution in [2.75, 3.05) is 11.9 Å². The van der Waals surface area contributed by atoms with Crippen LogP contribution >= 0.6 is 11.6 Å². The van der Waals surface area contributed by atoms with Crippen molar-refractivity contribution in [3.63, 3.8) is 0 Å². The van der Waals surface area contributed by atoms with Gasteiger partial charge in [0.25, 0.3) is 5.56 Å². The fraction of sp³-hybridized carbons (Fsp3) is 0.538. The fourth-order valence-corrected chi connectivity index (χ4v) is 2.17. The van der Waals surface area contributed by atoms with E-state index >= 15 is 0 Å². The zero-order chi connectivity index (χ0) is 13.2. The summed E-state index contributed by atoms with van der Waals surface area (Å²) in [5, 5.41) is 7.51. The molecule has 1 saturated carbocycles. The summed E-state index contributed by atoms with van der Waals surface area (Å²) in [7, 11) is 0. The van der Waals surface area contributed by atoms with Crippen LogP contribution in [0.2, 0.25) is 5.02 Å². The Kier molecular flexibility index (Phi) is 3.76. The van der Waals surface area contributed by atoms with Crippen molar-refractivity contribution < 1.29 is 0 Å². The van der Waals surface area contributed by atoms with E-state index in [4.69, 9.17) is 11.6 Å². The van der Waals surface area contributed by atoms with Crippen LogP contribution in [-0.2, 0) is 6.54 Å². The van der Waals surface area contributed by atoms with Gasteiger partial charge in [-0.25, -0.2) is 4.68 Å². The summed E-state index contributed by atoms with van der Waals surface area (Å²) in [4.78, 5) is 11.9. The standard InChI is InChI=1S/C13H18ClN3O/c1-3-7-17-12(18)11(14)10(8-16-17)15-9-13(4-2)5-6-13/h3,8,15H,1,4-7,9H2,2H3. The Labute approximate surface area is 112 Å². The molecular weight excluding hydrogens is 250 g/mol. The highest BCUT2D eigenvalue weighted by atomic mass is 35.5. The maximum absolute atomic E-state index is 11.9. The van der Waals surface area contributed by atoms with Gasteiger partial charge in [0.05, 0.1) is 18.4 Å². The molecule has 98 valence electrons. The van der Waals surface area contributed by atoms with Crippen molar-refractivity contribution in [2.24, 2.45) is 5.41 Å². The monoisotopic (exact) mass is 267 g/mol. The number of halogens is 1. The minimum atomic E-state index is -0.275. The van der Waals surface area contributed by atoms with Gasteiger partial charge in [-0.1, -0.05) is 24.6 Å². The molecule has 1 N–H and O–H groups in total. The number of allylic oxidation sites excluding steroid dienone is 1. The van der Waals surface area contributed by atoms with Gasteiger partial charge in [0, 0.05) is 6.54 Å². The van der Waals surface area contributed by atoms with Gasteiger partial charge in [0.2, 0.25) is 0 Å². The molecule has 1 aliphatic carbocycles. The third-order valence-electron chi connectivity index (χ3n) is 3.65. The molecule has 1 aromatic rings. The van der Waals surface area contributed by atoms with Gasteiger partial charge in [-0.05, 0) is 24.7 Å². The molecule has 2 rings (SSSR count). The van der Waals surface area contributed by atoms with Crippen LogP contribution in [0.5, 0.6) is 0 Å². The fourth-order valence-electron chi connectivity index (χ4n) is 1.96. The van der Waals surface area contributed by atoms with Crippen LogP contribution in [0.25, 0.3) is 0 Å². The van der Waals surface area contributed by atoms with Gasteiger partial charge in [-0.3, -0.25) is 4.79 Å². The highest BCUT2D eigenvalue weighted by Gasteiger charge is 2.40. The average molecular weight is 268 g/mol. The Hall–Kier alpha value is -1.29. The van der Waals surface area contributed by atoms with Gasteiger partial charge in [0.15, 0.2) is 0 Å². The summed E-state index contributed by atoms with van der Waals surface area (Å²) in [5.41, 5.74) is 0.754. The third-order valence-corrected chi connectivity index (χ3v) is 4.01. The van der Waals surface area contributed by atoms with Crippen LogP contribution in [0.3, 0.4) is 0 Å². The molecule has 0 amide bonds. The normalized spacial score (nSPS) is 16.3. The van der Waals surface area contributed by atoms with E-state index in [1.54, 1.807) is 12.3 Å². The van der Waals surface area contributed by atoms with Crippen LogP contribution in [0.1, 0.15) is 26.2 Å². The van der Waals surface area contributed by atoms with Crippen LogP contribution in [-0.4, -0.2) is 16.3 Å². The van der Waals surface area contributed by atoms with E-state index in [1.165, 1.54) is 17.5 Å². The number of rotatable bonds is 6. The van der Waals surface area contributed by atoms with Gasteiger partial charge in [-0.15, -0.1) is 6.58 Å². The predicted molar refractivity (Wildman–Crippen MR) is 74.2 cm³/mol. The Morgan fingerprint density at radius 1 is 1.67 bits per heavy atom. The van der Waals surface area contributed by atoms with Crippen molar-refractivity contribution >= 4 is 17.3 Å². The van der Waals surface area contributed by atoms with Crippen molar-refractivity contribution in [1.82, 2.24) is 9.78 Å². The number of nitrogens with one attached hydrogen (secondary N) is 1. The van der Waals surface area contributed by atoms with E-state index in [-0.39, 0.29) is 10.6 Å². The number of nitrogens with zero attached hydrogens (tertiary/aromatic N) is 2. The SMILES string of the molecule is C=CCn1ncc(NCC2(CC)CC2)c(Cl)c1=O. The molecule has 0 spiro atoms. The van der Waals surface area contributed by atoms with Crippen LogP contribution < -0.4 is 10.9 Å². The smallest absolute Gasteiger partial charge is 0.287 e. The van der Waals surface area contributed by atoms with Crippen LogP contribution in [0.15, 0.2) is 23.6 Å². The molecule has 1 aromatic heterocycles. The summed E-state index contributed by atoms with van der Waals surface area (Å²) >= 11 is 6.06. The highest BCUT2D eigenvalue weighted by Crippen LogP contribution is 2.48. The van der Waals surface area contributed by atoms with Gasteiger partial charge < -0.3 is 5.32 Å². The van der Waals surface area contributed by atoms with E-state index in [0.717, 1.165) is 13.0 Å². The molecule has 1 heterocycles. The maximum Gasteiger partial charge on any atom is 0.287 e. The largest absolute Gasteiger partial charge is 0.382 e. The first kappa shape index (κ1) is 13.1. The Bertz CT molecular complexity index is 505. The topological polar surface area (TPSA) is 46.9 Å². The highest BCUT2D eigenvalue weighted by molar-refractivity contribution is 6.32. The second-order valence-corrected chi connectivity index (χ2v) is 5.23. The third kappa shape index (κ3) is 2.58. The minimum absolute atomic E-state index is 0.207. The quantitative estimate of drug-likeness (QED) is 0.806. The zero-order valence-corrected chi connectivity index (χ0v) is 11.3. The van der Waals surface area contributed by atoms with Crippen LogP contribution in [0, 0.1) is 5.41 Å². The zero-order valence-electron chi connectivity index (χ0n) is 10.6. The van der Waals surface area contributed by atoms with Gasteiger partial charge in [0.1, 0.15) is 5.02 Å². The second-order valence-electron chi connectivity index (χ2n) is 4.86. The molecule has 0 aromatic carbocycles. The Morgan fingerprint density at radius 3 is 2.94 bits per heavy atom. The lowest BCUT2D eigenvalue weighted by molar-refractivity contribution is 0.521. The maximum atomic E-state index is 11.9. The predicted octanol–water partition coefficient (Wildman–Crippen LogP) is 2.68. The molecule has 5 heteroatoms. The molecule has 0 unspecified atom stereocenters. The van der Waals surface area contributed by atoms with Crippen molar-refractivity contribution in [1.29, 1.82) is 0 Å². The van der Waals surface area contributed by atoms with Crippen LogP contribution in [0.4, 0.5) is 5.69 Å². The first-order valence-electron chi connectivity index (χ1n) is 6.22.